The van der Waals surface area contributed by atoms with E-state index in [9.17, 15) is 13.2 Å². The summed E-state index contributed by atoms with van der Waals surface area (Å²) in [5.41, 5.74) is 1.64. The fraction of sp³-hybridized carbons (Fsp3) is 0.211. The predicted octanol–water partition coefficient (Wildman–Crippen LogP) is 3.45. The Bertz CT molecular complexity index is 985. The molecule has 1 amide bonds. The first kappa shape index (κ1) is 17.1. The van der Waals surface area contributed by atoms with Crippen molar-refractivity contribution in [2.24, 2.45) is 0 Å². The molecule has 7 heteroatoms. The van der Waals surface area contributed by atoms with Crippen LogP contribution in [0.3, 0.4) is 0 Å². The zero-order valence-electron chi connectivity index (χ0n) is 13.9. The summed E-state index contributed by atoms with van der Waals surface area (Å²) in [6.07, 6.45) is 1.46. The molecule has 1 aromatic carbocycles. The van der Waals surface area contributed by atoms with Gasteiger partial charge in [-0.25, -0.2) is 8.42 Å². The van der Waals surface area contributed by atoms with E-state index in [2.05, 4.69) is 0 Å². The van der Waals surface area contributed by atoms with Crippen LogP contribution in [0.1, 0.15) is 16.1 Å². The minimum atomic E-state index is -3.32. The van der Waals surface area contributed by atoms with E-state index in [-0.39, 0.29) is 24.7 Å². The van der Waals surface area contributed by atoms with Crippen molar-refractivity contribution in [3.8, 4) is 10.4 Å². The fourth-order valence-corrected chi connectivity index (χ4v) is 5.29. The molecule has 0 bridgehead atoms. The highest BCUT2D eigenvalue weighted by Gasteiger charge is 2.40. The maximum atomic E-state index is 12.5. The zero-order valence-corrected chi connectivity index (χ0v) is 15.5. The predicted molar refractivity (Wildman–Crippen MR) is 101 cm³/mol. The van der Waals surface area contributed by atoms with E-state index in [0.29, 0.717) is 11.3 Å². The number of benzene rings is 1. The maximum Gasteiger partial charge on any atom is 0.253 e. The second kappa shape index (κ2) is 6.74. The van der Waals surface area contributed by atoms with Crippen molar-refractivity contribution in [3.63, 3.8) is 0 Å². The smallest absolute Gasteiger partial charge is 0.253 e. The van der Waals surface area contributed by atoms with Gasteiger partial charge in [0.15, 0.2) is 9.84 Å². The van der Waals surface area contributed by atoms with E-state index >= 15 is 0 Å². The molecule has 26 heavy (non-hydrogen) atoms. The second-order valence-electron chi connectivity index (χ2n) is 6.27. The molecule has 0 atom stereocenters. The quantitative estimate of drug-likeness (QED) is 0.672. The van der Waals surface area contributed by atoms with Gasteiger partial charge in [-0.05, 0) is 41.3 Å². The summed E-state index contributed by atoms with van der Waals surface area (Å²) in [5.74, 6) is 0.175. The van der Waals surface area contributed by atoms with Crippen LogP contribution in [0.25, 0.3) is 10.4 Å². The number of nitrogens with zero attached hydrogens (tertiary/aromatic N) is 1. The molecule has 4 rings (SSSR count). The number of hydrogen-bond donors (Lipinski definition) is 0. The number of carbonyl (C=O) groups excluding carboxylic acids is 1. The molecular formula is C19H17NO4S2. The van der Waals surface area contributed by atoms with E-state index in [4.69, 9.17) is 4.42 Å². The molecule has 2 aromatic heterocycles. The van der Waals surface area contributed by atoms with Gasteiger partial charge in [0.1, 0.15) is 11.5 Å². The Morgan fingerprint density at radius 1 is 1.12 bits per heavy atom. The Balaban J connectivity index is 1.38. The number of amides is 1. The van der Waals surface area contributed by atoms with E-state index in [0.717, 1.165) is 10.4 Å². The molecule has 0 spiro atoms. The highest BCUT2D eigenvalue weighted by Crippen LogP contribution is 2.26. The highest BCUT2D eigenvalue weighted by molar-refractivity contribution is 7.91. The molecule has 3 aromatic rings. The molecule has 1 aliphatic rings. The lowest BCUT2D eigenvalue weighted by molar-refractivity contribution is 0.0659. The molecule has 1 aliphatic heterocycles. The normalized spacial score (nSPS) is 15.0. The standard InChI is InChI=1S/C19H17NO4S2/c21-19(15-7-5-14(6-8-15)18-4-2-10-25-18)20-11-17(12-20)26(22,23)13-16-3-1-9-24-16/h1-10,17H,11-13H2. The number of carbonyl (C=O) groups is 1. The summed E-state index contributed by atoms with van der Waals surface area (Å²) in [6, 6.07) is 14.8. The Hall–Kier alpha value is -2.38. The number of likely N-dealkylation sites (tertiary alicyclic amines) is 1. The maximum absolute atomic E-state index is 12.5. The minimum absolute atomic E-state index is 0.123. The SMILES string of the molecule is O=C(c1ccc(-c2cccs2)cc1)N1CC(S(=O)(=O)Cc2ccco2)C1. The molecule has 0 radical (unpaired) electrons. The third-order valence-electron chi connectivity index (χ3n) is 4.50. The molecule has 0 unspecified atom stereocenters. The first-order chi connectivity index (χ1) is 12.5. The number of thiophene rings is 1. The summed E-state index contributed by atoms with van der Waals surface area (Å²) >= 11 is 1.65. The van der Waals surface area contributed by atoms with Crippen molar-refractivity contribution in [1.82, 2.24) is 4.90 Å². The number of furan rings is 1. The van der Waals surface area contributed by atoms with Crippen molar-refractivity contribution in [1.29, 1.82) is 0 Å². The second-order valence-corrected chi connectivity index (χ2v) is 9.50. The third-order valence-corrected chi connectivity index (χ3v) is 7.42. The van der Waals surface area contributed by atoms with E-state index in [1.54, 1.807) is 40.5 Å². The average molecular weight is 387 g/mol. The Labute approximate surface area is 155 Å². The van der Waals surface area contributed by atoms with Crippen LogP contribution in [-0.2, 0) is 15.6 Å². The molecule has 5 nitrogen and oxygen atoms in total. The van der Waals surface area contributed by atoms with Crippen LogP contribution in [0.4, 0.5) is 0 Å². The minimum Gasteiger partial charge on any atom is -0.468 e. The summed E-state index contributed by atoms with van der Waals surface area (Å²) in [4.78, 5) is 15.3. The Kier molecular flexibility index (Phi) is 4.42. The average Bonchev–Trinajstić information content (AvgIpc) is 3.26. The van der Waals surface area contributed by atoms with Crippen LogP contribution in [0, 0.1) is 0 Å². The topological polar surface area (TPSA) is 67.6 Å². The summed E-state index contributed by atoms with van der Waals surface area (Å²) < 4.78 is 29.8. The molecule has 0 N–H and O–H groups in total. The number of hydrogen-bond acceptors (Lipinski definition) is 5. The number of rotatable bonds is 5. The summed E-state index contributed by atoms with van der Waals surface area (Å²) in [5, 5.41) is 1.49. The van der Waals surface area contributed by atoms with Crippen LogP contribution >= 0.6 is 11.3 Å². The van der Waals surface area contributed by atoms with Gasteiger partial charge in [-0.2, -0.15) is 0 Å². The van der Waals surface area contributed by atoms with Crippen LogP contribution < -0.4 is 0 Å². The largest absolute Gasteiger partial charge is 0.468 e. The van der Waals surface area contributed by atoms with Gasteiger partial charge in [-0.15, -0.1) is 11.3 Å². The Morgan fingerprint density at radius 3 is 2.50 bits per heavy atom. The highest BCUT2D eigenvalue weighted by atomic mass is 32.2. The van der Waals surface area contributed by atoms with Crippen LogP contribution in [0.15, 0.2) is 64.6 Å². The van der Waals surface area contributed by atoms with Gasteiger partial charge < -0.3 is 9.32 Å². The Morgan fingerprint density at radius 2 is 1.88 bits per heavy atom. The van der Waals surface area contributed by atoms with Gasteiger partial charge >= 0.3 is 0 Å². The monoisotopic (exact) mass is 387 g/mol. The lowest BCUT2D eigenvalue weighted by atomic mass is 10.1. The summed E-state index contributed by atoms with van der Waals surface area (Å²) in [7, 11) is -3.32. The van der Waals surface area contributed by atoms with Crippen molar-refractivity contribution in [2.75, 3.05) is 13.1 Å². The first-order valence-electron chi connectivity index (χ1n) is 8.20. The molecular weight excluding hydrogens is 370 g/mol. The van der Waals surface area contributed by atoms with E-state index in [1.807, 2.05) is 29.6 Å². The van der Waals surface area contributed by atoms with Gasteiger partial charge in [-0.1, -0.05) is 18.2 Å². The lowest BCUT2D eigenvalue weighted by Crippen LogP contribution is -2.57. The van der Waals surface area contributed by atoms with Gasteiger partial charge in [0.2, 0.25) is 0 Å². The van der Waals surface area contributed by atoms with Crippen molar-refractivity contribution in [3.05, 3.63) is 71.5 Å². The van der Waals surface area contributed by atoms with Crippen LogP contribution in [-0.4, -0.2) is 37.6 Å². The number of sulfone groups is 1. The van der Waals surface area contributed by atoms with Gasteiger partial charge in [-0.3, -0.25) is 4.79 Å². The zero-order chi connectivity index (χ0) is 18.1. The van der Waals surface area contributed by atoms with E-state index in [1.165, 1.54) is 6.26 Å². The van der Waals surface area contributed by atoms with Crippen molar-refractivity contribution < 1.29 is 17.6 Å². The molecule has 0 saturated carbocycles. The molecule has 0 aliphatic carbocycles. The molecule has 3 heterocycles. The van der Waals surface area contributed by atoms with E-state index < -0.39 is 15.1 Å². The van der Waals surface area contributed by atoms with Crippen molar-refractivity contribution in [2.45, 2.75) is 11.0 Å². The molecule has 134 valence electrons. The first-order valence-corrected chi connectivity index (χ1v) is 10.8. The van der Waals surface area contributed by atoms with Gasteiger partial charge in [0.25, 0.3) is 5.91 Å². The van der Waals surface area contributed by atoms with Gasteiger partial charge in [0.05, 0.1) is 11.5 Å². The third kappa shape index (κ3) is 3.32. The fourth-order valence-electron chi connectivity index (χ4n) is 2.94. The van der Waals surface area contributed by atoms with Crippen LogP contribution in [0.2, 0.25) is 0 Å². The lowest BCUT2D eigenvalue weighted by Gasteiger charge is -2.38. The summed E-state index contributed by atoms with van der Waals surface area (Å²) in [6.45, 7) is 0.461. The molecule has 1 saturated heterocycles. The van der Waals surface area contributed by atoms with Crippen molar-refractivity contribution >= 4 is 27.1 Å². The molecule has 1 fully saturated rings. The van der Waals surface area contributed by atoms with Gasteiger partial charge in [0, 0.05) is 23.5 Å². The van der Waals surface area contributed by atoms with Crippen LogP contribution in [0.5, 0.6) is 0 Å².